The minimum absolute atomic E-state index is 0.369. The van der Waals surface area contributed by atoms with Gasteiger partial charge in [0.25, 0.3) is 5.91 Å². The Labute approximate surface area is 155 Å². The van der Waals surface area contributed by atoms with Crippen molar-refractivity contribution in [3.8, 4) is 0 Å². The van der Waals surface area contributed by atoms with Crippen LogP contribution in [0.3, 0.4) is 0 Å². The standard InChI is InChI=1S/C20H21FN2O2S/c1-4-25-10-9-23-17-12-13(2)11-14(3)18(17)26-20(23)22-19(24)15-5-7-16(21)8-6-15/h5-8,11-12H,4,9-10H2,1-3H3. The molecule has 0 atom stereocenters. The first kappa shape index (κ1) is 18.5. The van der Waals surface area contributed by atoms with Crippen molar-refractivity contribution in [2.75, 3.05) is 13.2 Å². The molecule has 3 aromatic rings. The van der Waals surface area contributed by atoms with Crippen LogP contribution in [0.4, 0.5) is 4.39 Å². The molecule has 0 saturated carbocycles. The van der Waals surface area contributed by atoms with Gasteiger partial charge in [0.1, 0.15) is 5.82 Å². The largest absolute Gasteiger partial charge is 0.380 e. The van der Waals surface area contributed by atoms with E-state index in [0.717, 1.165) is 21.3 Å². The van der Waals surface area contributed by atoms with Crippen LogP contribution in [0, 0.1) is 19.7 Å². The molecular formula is C20H21FN2O2S. The average Bonchev–Trinajstić information content (AvgIpc) is 2.93. The van der Waals surface area contributed by atoms with Crippen molar-refractivity contribution in [2.45, 2.75) is 27.3 Å². The highest BCUT2D eigenvalue weighted by Crippen LogP contribution is 2.23. The van der Waals surface area contributed by atoms with Crippen molar-refractivity contribution in [2.24, 2.45) is 4.99 Å². The predicted molar refractivity (Wildman–Crippen MR) is 102 cm³/mol. The Morgan fingerprint density at radius 1 is 1.23 bits per heavy atom. The van der Waals surface area contributed by atoms with Crippen LogP contribution in [0.2, 0.25) is 0 Å². The van der Waals surface area contributed by atoms with E-state index in [1.807, 2.05) is 11.5 Å². The number of halogens is 1. The summed E-state index contributed by atoms with van der Waals surface area (Å²) in [6, 6.07) is 9.67. The van der Waals surface area contributed by atoms with Crippen LogP contribution >= 0.6 is 11.3 Å². The van der Waals surface area contributed by atoms with Gasteiger partial charge in [0.2, 0.25) is 0 Å². The highest BCUT2D eigenvalue weighted by Gasteiger charge is 2.11. The summed E-state index contributed by atoms with van der Waals surface area (Å²) in [6.07, 6.45) is 0. The molecule has 0 aliphatic rings. The van der Waals surface area contributed by atoms with E-state index < -0.39 is 0 Å². The number of ether oxygens (including phenoxy) is 1. The molecule has 0 saturated heterocycles. The Kier molecular flexibility index (Phi) is 5.64. The molecule has 1 aromatic heterocycles. The second-order valence-corrected chi connectivity index (χ2v) is 7.06. The zero-order chi connectivity index (χ0) is 18.7. The zero-order valence-electron chi connectivity index (χ0n) is 15.1. The molecule has 26 heavy (non-hydrogen) atoms. The Balaban J connectivity index is 2.10. The van der Waals surface area contributed by atoms with Gasteiger partial charge < -0.3 is 9.30 Å². The van der Waals surface area contributed by atoms with Gasteiger partial charge in [0.05, 0.1) is 16.8 Å². The van der Waals surface area contributed by atoms with E-state index in [2.05, 4.69) is 31.0 Å². The maximum atomic E-state index is 13.1. The topological polar surface area (TPSA) is 43.6 Å². The van der Waals surface area contributed by atoms with Gasteiger partial charge in [-0.1, -0.05) is 17.4 Å². The number of aromatic nitrogens is 1. The van der Waals surface area contributed by atoms with Crippen molar-refractivity contribution in [3.63, 3.8) is 0 Å². The molecule has 0 radical (unpaired) electrons. The lowest BCUT2D eigenvalue weighted by Gasteiger charge is -2.07. The number of hydrogen-bond donors (Lipinski definition) is 0. The quantitative estimate of drug-likeness (QED) is 0.629. The normalized spacial score (nSPS) is 12.1. The van der Waals surface area contributed by atoms with Crippen molar-refractivity contribution in [1.29, 1.82) is 0 Å². The summed E-state index contributed by atoms with van der Waals surface area (Å²) in [5.41, 5.74) is 3.74. The van der Waals surface area contributed by atoms with Crippen LogP contribution in [-0.4, -0.2) is 23.7 Å². The molecule has 2 aromatic carbocycles. The van der Waals surface area contributed by atoms with Crippen LogP contribution in [0.15, 0.2) is 41.4 Å². The number of benzene rings is 2. The van der Waals surface area contributed by atoms with Crippen molar-refractivity contribution in [1.82, 2.24) is 4.57 Å². The minimum atomic E-state index is -0.379. The Bertz CT molecular complexity index is 1000. The fraction of sp³-hybridized carbons (Fsp3) is 0.300. The maximum absolute atomic E-state index is 13.1. The molecule has 4 nitrogen and oxygen atoms in total. The molecule has 136 valence electrons. The van der Waals surface area contributed by atoms with Gasteiger partial charge in [0.15, 0.2) is 4.80 Å². The molecule has 0 N–H and O–H groups in total. The van der Waals surface area contributed by atoms with Crippen LogP contribution in [0.5, 0.6) is 0 Å². The van der Waals surface area contributed by atoms with Crippen molar-refractivity contribution < 1.29 is 13.9 Å². The lowest BCUT2D eigenvalue weighted by Crippen LogP contribution is -2.19. The molecule has 0 bridgehead atoms. The first-order chi connectivity index (χ1) is 12.5. The number of carbonyl (C=O) groups excluding carboxylic acids is 1. The Hall–Kier alpha value is -2.31. The number of fused-ring (bicyclic) bond motifs is 1. The van der Waals surface area contributed by atoms with Gasteiger partial charge in [-0.3, -0.25) is 4.79 Å². The van der Waals surface area contributed by atoms with Crippen molar-refractivity contribution >= 4 is 27.5 Å². The maximum Gasteiger partial charge on any atom is 0.279 e. The molecule has 0 fully saturated rings. The Morgan fingerprint density at radius 2 is 1.96 bits per heavy atom. The fourth-order valence-electron chi connectivity index (χ4n) is 2.86. The number of amides is 1. The lowest BCUT2D eigenvalue weighted by atomic mass is 10.1. The number of nitrogens with zero attached hydrogens (tertiary/aromatic N) is 2. The fourth-order valence-corrected chi connectivity index (χ4v) is 3.96. The average molecular weight is 372 g/mol. The summed E-state index contributed by atoms with van der Waals surface area (Å²) < 4.78 is 21.7. The lowest BCUT2D eigenvalue weighted by molar-refractivity contribution is 0.0996. The molecular weight excluding hydrogens is 351 g/mol. The molecule has 6 heteroatoms. The van der Waals surface area contributed by atoms with Crippen LogP contribution in [0.25, 0.3) is 10.2 Å². The van der Waals surface area contributed by atoms with E-state index in [1.165, 1.54) is 35.6 Å². The van der Waals surface area contributed by atoms with Crippen LogP contribution in [-0.2, 0) is 11.3 Å². The van der Waals surface area contributed by atoms with Gasteiger partial charge in [-0.2, -0.15) is 4.99 Å². The molecule has 0 aliphatic carbocycles. The number of aryl methyl sites for hydroxylation is 2. The smallest absolute Gasteiger partial charge is 0.279 e. The van der Waals surface area contributed by atoms with E-state index in [-0.39, 0.29) is 11.7 Å². The van der Waals surface area contributed by atoms with Gasteiger partial charge in [-0.25, -0.2) is 4.39 Å². The SMILES string of the molecule is CCOCCn1c(=NC(=O)c2ccc(F)cc2)sc2c(C)cc(C)cc21. The predicted octanol–water partition coefficient (Wildman–Crippen LogP) is 4.24. The van der Waals surface area contributed by atoms with E-state index >= 15 is 0 Å². The summed E-state index contributed by atoms with van der Waals surface area (Å²) in [7, 11) is 0. The van der Waals surface area contributed by atoms with E-state index in [9.17, 15) is 9.18 Å². The first-order valence-corrected chi connectivity index (χ1v) is 9.34. The van der Waals surface area contributed by atoms with Crippen molar-refractivity contribution in [3.05, 3.63) is 63.7 Å². The number of carbonyl (C=O) groups is 1. The first-order valence-electron chi connectivity index (χ1n) is 8.52. The second kappa shape index (κ2) is 7.93. The molecule has 0 spiro atoms. The summed E-state index contributed by atoms with van der Waals surface area (Å²) in [5, 5.41) is 0. The third-order valence-electron chi connectivity index (χ3n) is 4.07. The zero-order valence-corrected chi connectivity index (χ0v) is 15.9. The number of thiazole rings is 1. The number of rotatable bonds is 5. The Morgan fingerprint density at radius 3 is 2.65 bits per heavy atom. The van der Waals surface area contributed by atoms with Crippen LogP contribution in [0.1, 0.15) is 28.4 Å². The molecule has 1 heterocycles. The van der Waals surface area contributed by atoms with E-state index in [4.69, 9.17) is 4.74 Å². The molecule has 1 amide bonds. The summed E-state index contributed by atoms with van der Waals surface area (Å²) >= 11 is 1.49. The van der Waals surface area contributed by atoms with Gasteiger partial charge in [-0.15, -0.1) is 0 Å². The third kappa shape index (κ3) is 3.92. The molecule has 0 unspecified atom stereocenters. The molecule has 0 aliphatic heterocycles. The highest BCUT2D eigenvalue weighted by atomic mass is 32.1. The van der Waals surface area contributed by atoms with E-state index in [1.54, 1.807) is 0 Å². The summed E-state index contributed by atoms with van der Waals surface area (Å²) in [6.45, 7) is 7.87. The number of hydrogen-bond acceptors (Lipinski definition) is 3. The molecule has 3 rings (SSSR count). The van der Waals surface area contributed by atoms with Gasteiger partial charge in [-0.05, 0) is 62.2 Å². The third-order valence-corrected chi connectivity index (χ3v) is 5.30. The van der Waals surface area contributed by atoms with Gasteiger partial charge >= 0.3 is 0 Å². The summed E-state index contributed by atoms with van der Waals surface area (Å²) in [5.74, 6) is -0.752. The second-order valence-electron chi connectivity index (χ2n) is 6.09. The van der Waals surface area contributed by atoms with Crippen LogP contribution < -0.4 is 4.80 Å². The van der Waals surface area contributed by atoms with Gasteiger partial charge in [0, 0.05) is 18.7 Å². The highest BCUT2D eigenvalue weighted by molar-refractivity contribution is 7.16. The van der Waals surface area contributed by atoms with E-state index in [0.29, 0.717) is 30.1 Å². The summed E-state index contributed by atoms with van der Waals surface area (Å²) in [4.78, 5) is 17.4. The minimum Gasteiger partial charge on any atom is -0.380 e. The monoisotopic (exact) mass is 372 g/mol.